The highest BCUT2D eigenvalue weighted by Gasteiger charge is 2.36. The van der Waals surface area contributed by atoms with Crippen molar-refractivity contribution >= 4 is 5.91 Å². The van der Waals surface area contributed by atoms with Gasteiger partial charge in [-0.05, 0) is 23.3 Å². The van der Waals surface area contributed by atoms with Crippen LogP contribution in [0.2, 0.25) is 0 Å². The molecule has 2 N–H and O–H groups in total. The lowest BCUT2D eigenvalue weighted by atomic mass is 9.88. The smallest absolute Gasteiger partial charge is 0.243 e. The van der Waals surface area contributed by atoms with Gasteiger partial charge in [0.05, 0.1) is 19.1 Å². The van der Waals surface area contributed by atoms with Crippen LogP contribution in [0.1, 0.15) is 23.1 Å². The Bertz CT molecular complexity index is 613. The number of rotatable bonds is 3. The molecule has 0 aromatic heterocycles. The van der Waals surface area contributed by atoms with Crippen molar-refractivity contribution in [3.8, 4) is 5.75 Å². The molecule has 1 aliphatic rings. The van der Waals surface area contributed by atoms with Gasteiger partial charge < -0.3 is 4.74 Å². The molecule has 0 saturated carbocycles. The fourth-order valence-electron chi connectivity index (χ4n) is 2.58. The van der Waals surface area contributed by atoms with Crippen LogP contribution < -0.4 is 15.6 Å². The molecule has 0 bridgehead atoms. The van der Waals surface area contributed by atoms with Gasteiger partial charge in [-0.2, -0.15) is 0 Å². The first kappa shape index (κ1) is 12.7. The van der Waals surface area contributed by atoms with Crippen molar-refractivity contribution in [2.45, 2.75) is 12.0 Å². The van der Waals surface area contributed by atoms with Gasteiger partial charge in [0.2, 0.25) is 5.91 Å². The molecule has 1 saturated heterocycles. The zero-order valence-corrected chi connectivity index (χ0v) is 11.2. The third-order valence-electron chi connectivity index (χ3n) is 3.58. The minimum Gasteiger partial charge on any atom is -0.497 e. The van der Waals surface area contributed by atoms with E-state index >= 15 is 0 Å². The molecule has 4 nitrogen and oxygen atoms in total. The maximum Gasteiger partial charge on any atom is 0.243 e. The third-order valence-corrected chi connectivity index (χ3v) is 3.58. The number of carbonyl (C=O) groups is 1. The summed E-state index contributed by atoms with van der Waals surface area (Å²) in [5.41, 5.74) is 7.82. The van der Waals surface area contributed by atoms with E-state index in [1.165, 1.54) is 0 Å². The Kier molecular flexibility index (Phi) is 3.39. The van der Waals surface area contributed by atoms with Crippen molar-refractivity contribution < 1.29 is 9.53 Å². The van der Waals surface area contributed by atoms with E-state index in [4.69, 9.17) is 4.74 Å². The summed E-state index contributed by atoms with van der Waals surface area (Å²) in [6, 6.07) is 17.5. The molecule has 3 rings (SSSR count). The third kappa shape index (κ3) is 2.26. The monoisotopic (exact) mass is 268 g/mol. The standard InChI is InChI=1S/C16H16N2O2/c1-20-13-9-5-8-12(10-13)14-15(17-18-16(14)19)11-6-3-2-4-7-11/h2-10,14-15,17H,1H3,(H,18,19)/t14-,15-/m0/s1. The number of nitrogens with one attached hydrogen (secondary N) is 2. The van der Waals surface area contributed by atoms with Crippen LogP contribution in [-0.4, -0.2) is 13.0 Å². The largest absolute Gasteiger partial charge is 0.497 e. The van der Waals surface area contributed by atoms with E-state index in [1.807, 2.05) is 54.6 Å². The molecule has 102 valence electrons. The van der Waals surface area contributed by atoms with Crippen molar-refractivity contribution in [2.75, 3.05) is 7.11 Å². The molecule has 2 aromatic rings. The first-order chi connectivity index (χ1) is 9.79. The van der Waals surface area contributed by atoms with Crippen LogP contribution in [-0.2, 0) is 4.79 Å². The van der Waals surface area contributed by atoms with Crippen LogP contribution in [0.5, 0.6) is 5.75 Å². The summed E-state index contributed by atoms with van der Waals surface area (Å²) in [6.45, 7) is 0. The molecule has 4 heteroatoms. The Morgan fingerprint density at radius 2 is 1.75 bits per heavy atom. The van der Waals surface area contributed by atoms with Crippen molar-refractivity contribution in [2.24, 2.45) is 0 Å². The van der Waals surface area contributed by atoms with Crippen LogP contribution in [0.25, 0.3) is 0 Å². The Morgan fingerprint density at radius 3 is 2.50 bits per heavy atom. The summed E-state index contributed by atoms with van der Waals surface area (Å²) >= 11 is 0. The van der Waals surface area contributed by atoms with Crippen LogP contribution in [0, 0.1) is 0 Å². The molecule has 1 heterocycles. The fraction of sp³-hybridized carbons (Fsp3) is 0.188. The lowest BCUT2D eigenvalue weighted by Gasteiger charge is -2.17. The maximum atomic E-state index is 12.1. The van der Waals surface area contributed by atoms with E-state index in [0.717, 1.165) is 16.9 Å². The Hall–Kier alpha value is -2.33. The first-order valence-corrected chi connectivity index (χ1v) is 6.54. The molecule has 2 aromatic carbocycles. The summed E-state index contributed by atoms with van der Waals surface area (Å²) in [4.78, 5) is 12.1. The molecule has 0 unspecified atom stereocenters. The minimum absolute atomic E-state index is 0.0212. The van der Waals surface area contributed by atoms with Crippen molar-refractivity contribution in [3.05, 3.63) is 65.7 Å². The molecule has 1 aliphatic heterocycles. The van der Waals surface area contributed by atoms with Crippen LogP contribution in [0.3, 0.4) is 0 Å². The number of ether oxygens (including phenoxy) is 1. The summed E-state index contributed by atoms with van der Waals surface area (Å²) < 4.78 is 5.24. The lowest BCUT2D eigenvalue weighted by Crippen LogP contribution is -2.27. The van der Waals surface area contributed by atoms with Gasteiger partial charge in [0.1, 0.15) is 5.75 Å². The number of methoxy groups -OCH3 is 1. The number of hydrogen-bond donors (Lipinski definition) is 2. The number of carbonyl (C=O) groups excluding carboxylic acids is 1. The SMILES string of the molecule is COc1cccc([C@@H]2C(=O)NN[C@H]2c2ccccc2)c1. The van der Waals surface area contributed by atoms with E-state index in [0.29, 0.717) is 0 Å². The highest BCUT2D eigenvalue weighted by Crippen LogP contribution is 2.35. The Morgan fingerprint density at radius 1 is 1.00 bits per heavy atom. The normalized spacial score (nSPS) is 21.6. The minimum atomic E-state index is -0.257. The molecule has 2 atom stereocenters. The van der Waals surface area contributed by atoms with E-state index in [2.05, 4.69) is 10.9 Å². The predicted molar refractivity (Wildman–Crippen MR) is 76.2 cm³/mol. The number of amides is 1. The zero-order chi connectivity index (χ0) is 13.9. The van der Waals surface area contributed by atoms with Crippen molar-refractivity contribution in [1.29, 1.82) is 0 Å². The molecule has 1 fully saturated rings. The molecular weight excluding hydrogens is 252 g/mol. The zero-order valence-electron chi connectivity index (χ0n) is 11.2. The van der Waals surface area contributed by atoms with E-state index in [9.17, 15) is 4.79 Å². The highest BCUT2D eigenvalue weighted by atomic mass is 16.5. The number of benzene rings is 2. The molecule has 0 spiro atoms. The number of hydrogen-bond acceptors (Lipinski definition) is 3. The van der Waals surface area contributed by atoms with E-state index < -0.39 is 0 Å². The lowest BCUT2D eigenvalue weighted by molar-refractivity contribution is -0.120. The second-order valence-corrected chi connectivity index (χ2v) is 4.78. The van der Waals surface area contributed by atoms with Gasteiger partial charge in [-0.25, -0.2) is 5.43 Å². The van der Waals surface area contributed by atoms with Gasteiger partial charge in [0.25, 0.3) is 0 Å². The van der Waals surface area contributed by atoms with Gasteiger partial charge in [-0.15, -0.1) is 0 Å². The summed E-state index contributed by atoms with van der Waals surface area (Å²) in [5.74, 6) is 0.480. The second-order valence-electron chi connectivity index (χ2n) is 4.78. The summed E-state index contributed by atoms with van der Waals surface area (Å²) in [7, 11) is 1.63. The highest BCUT2D eigenvalue weighted by molar-refractivity contribution is 5.86. The Balaban J connectivity index is 1.98. The van der Waals surface area contributed by atoms with Gasteiger partial charge in [-0.3, -0.25) is 10.2 Å². The van der Waals surface area contributed by atoms with Crippen LogP contribution >= 0.6 is 0 Å². The maximum absolute atomic E-state index is 12.1. The fourth-order valence-corrected chi connectivity index (χ4v) is 2.58. The quantitative estimate of drug-likeness (QED) is 0.897. The topological polar surface area (TPSA) is 50.4 Å². The van der Waals surface area contributed by atoms with E-state index in [-0.39, 0.29) is 17.9 Å². The predicted octanol–water partition coefficient (Wildman–Crippen LogP) is 2.15. The molecule has 0 radical (unpaired) electrons. The van der Waals surface area contributed by atoms with Gasteiger partial charge in [0, 0.05) is 0 Å². The van der Waals surface area contributed by atoms with Gasteiger partial charge in [0.15, 0.2) is 0 Å². The first-order valence-electron chi connectivity index (χ1n) is 6.54. The summed E-state index contributed by atoms with van der Waals surface area (Å²) in [6.07, 6.45) is 0. The summed E-state index contributed by atoms with van der Waals surface area (Å²) in [5, 5.41) is 0. The molecule has 0 aliphatic carbocycles. The van der Waals surface area contributed by atoms with Gasteiger partial charge >= 0.3 is 0 Å². The van der Waals surface area contributed by atoms with Crippen LogP contribution in [0.4, 0.5) is 0 Å². The Labute approximate surface area is 117 Å². The average Bonchev–Trinajstić information content (AvgIpc) is 2.90. The number of hydrazine groups is 1. The van der Waals surface area contributed by atoms with Crippen molar-refractivity contribution in [3.63, 3.8) is 0 Å². The molecule has 20 heavy (non-hydrogen) atoms. The van der Waals surface area contributed by atoms with Gasteiger partial charge in [-0.1, -0.05) is 42.5 Å². The van der Waals surface area contributed by atoms with Crippen molar-refractivity contribution in [1.82, 2.24) is 10.9 Å². The van der Waals surface area contributed by atoms with Crippen LogP contribution in [0.15, 0.2) is 54.6 Å². The molecular formula is C16H16N2O2. The molecule has 1 amide bonds. The average molecular weight is 268 g/mol. The second kappa shape index (κ2) is 5.35. The van der Waals surface area contributed by atoms with E-state index in [1.54, 1.807) is 7.11 Å².